The fourth-order valence-electron chi connectivity index (χ4n) is 2.79. The van der Waals surface area contributed by atoms with E-state index in [-0.39, 0.29) is 39.7 Å². The number of ether oxygens (including phenoxy) is 1. The van der Waals surface area contributed by atoms with Crippen LogP contribution in [0.2, 0.25) is 10.0 Å². The van der Waals surface area contributed by atoms with Crippen LogP contribution in [0.3, 0.4) is 0 Å². The number of nitrogens with two attached hydrogens (primary N) is 1. The maximum absolute atomic E-state index is 12.3. The van der Waals surface area contributed by atoms with Crippen molar-refractivity contribution in [3.63, 3.8) is 0 Å². The highest BCUT2D eigenvalue weighted by molar-refractivity contribution is 6.37. The van der Waals surface area contributed by atoms with E-state index in [1.807, 2.05) is 30.3 Å². The summed E-state index contributed by atoms with van der Waals surface area (Å²) in [7, 11) is 0. The van der Waals surface area contributed by atoms with Gasteiger partial charge in [-0.3, -0.25) is 0 Å². The van der Waals surface area contributed by atoms with Gasteiger partial charge in [-0.15, -0.1) is 10.2 Å². The molecular weight excluding hydrogens is 431 g/mol. The van der Waals surface area contributed by atoms with Gasteiger partial charge in [0.1, 0.15) is 17.0 Å². The van der Waals surface area contributed by atoms with Crippen molar-refractivity contribution in [1.82, 2.24) is 15.4 Å². The molecule has 0 saturated heterocycles. The van der Waals surface area contributed by atoms with Crippen LogP contribution in [0.5, 0.6) is 0 Å². The van der Waals surface area contributed by atoms with E-state index in [4.69, 9.17) is 42.6 Å². The molecule has 8 nitrogen and oxygen atoms in total. The van der Waals surface area contributed by atoms with Crippen LogP contribution in [0.25, 0.3) is 22.7 Å². The Bertz CT molecular complexity index is 1220. The van der Waals surface area contributed by atoms with Crippen molar-refractivity contribution in [2.75, 3.05) is 5.73 Å². The molecule has 2 aromatic heterocycles. The predicted octanol–water partition coefficient (Wildman–Crippen LogP) is 4.95. The molecule has 0 atom stereocenters. The van der Waals surface area contributed by atoms with Gasteiger partial charge in [-0.25, -0.2) is 4.79 Å². The number of hydrogen-bond donors (Lipinski definition) is 1. The summed E-state index contributed by atoms with van der Waals surface area (Å²) < 4.78 is 16.2. The Morgan fingerprint density at radius 3 is 2.70 bits per heavy atom. The molecule has 2 N–H and O–H groups in total. The van der Waals surface area contributed by atoms with E-state index >= 15 is 0 Å². The molecule has 10 heteroatoms. The number of carbonyl (C=O) groups is 1. The second kappa shape index (κ2) is 8.17. The first-order valence-electron chi connectivity index (χ1n) is 8.70. The molecule has 0 bridgehead atoms. The lowest BCUT2D eigenvalue weighted by molar-refractivity contribution is 0.0440. The number of aromatic nitrogens is 3. The van der Waals surface area contributed by atoms with Gasteiger partial charge in [-0.05, 0) is 19.1 Å². The predicted molar refractivity (Wildman–Crippen MR) is 110 cm³/mol. The summed E-state index contributed by atoms with van der Waals surface area (Å²) >= 11 is 11.9. The molecule has 0 fully saturated rings. The SMILES string of the molecule is Cc1onc(-c2ccccc2)c1-c1nnc(COC(=O)c2cc(Cl)cc(Cl)c2N)o1. The Hall–Kier alpha value is -3.36. The fraction of sp³-hybridized carbons (Fsp3) is 0.100. The molecule has 2 heterocycles. The summed E-state index contributed by atoms with van der Waals surface area (Å²) in [5.41, 5.74) is 7.92. The Morgan fingerprint density at radius 1 is 1.17 bits per heavy atom. The molecule has 4 aromatic rings. The lowest BCUT2D eigenvalue weighted by Crippen LogP contribution is -2.09. The first kappa shape index (κ1) is 19.9. The van der Waals surface area contributed by atoms with Crippen molar-refractivity contribution in [3.8, 4) is 22.7 Å². The number of halogens is 2. The van der Waals surface area contributed by atoms with Crippen molar-refractivity contribution in [3.05, 3.63) is 69.7 Å². The number of rotatable bonds is 5. The fourth-order valence-corrected chi connectivity index (χ4v) is 3.28. The number of carbonyl (C=O) groups excluding carboxylic acids is 1. The van der Waals surface area contributed by atoms with Crippen LogP contribution in [0.1, 0.15) is 22.0 Å². The zero-order valence-electron chi connectivity index (χ0n) is 15.6. The Morgan fingerprint density at radius 2 is 1.93 bits per heavy atom. The normalized spacial score (nSPS) is 10.9. The van der Waals surface area contributed by atoms with E-state index in [0.29, 0.717) is 17.0 Å². The lowest BCUT2D eigenvalue weighted by Gasteiger charge is -2.07. The maximum atomic E-state index is 12.3. The van der Waals surface area contributed by atoms with Crippen molar-refractivity contribution in [1.29, 1.82) is 0 Å². The highest BCUT2D eigenvalue weighted by Gasteiger charge is 2.23. The van der Waals surface area contributed by atoms with Gasteiger partial charge < -0.3 is 19.4 Å². The molecular formula is C20H14Cl2N4O4. The van der Waals surface area contributed by atoms with Crippen molar-refractivity contribution >= 4 is 34.9 Å². The molecule has 4 rings (SSSR count). The molecule has 0 saturated carbocycles. The summed E-state index contributed by atoms with van der Waals surface area (Å²) in [4.78, 5) is 12.3. The van der Waals surface area contributed by atoms with Crippen LogP contribution >= 0.6 is 23.2 Å². The van der Waals surface area contributed by atoms with Gasteiger partial charge in [0.15, 0.2) is 6.61 Å². The maximum Gasteiger partial charge on any atom is 0.340 e. The molecule has 30 heavy (non-hydrogen) atoms. The summed E-state index contributed by atoms with van der Waals surface area (Å²) in [5.74, 6) is 0.0822. The molecule has 0 aliphatic heterocycles. The second-order valence-corrected chi connectivity index (χ2v) is 7.10. The third kappa shape index (κ3) is 3.87. The monoisotopic (exact) mass is 444 g/mol. The molecule has 0 aliphatic rings. The van der Waals surface area contributed by atoms with Crippen molar-refractivity contribution < 1.29 is 18.5 Å². The average Bonchev–Trinajstić information content (AvgIpc) is 3.35. The third-order valence-corrected chi connectivity index (χ3v) is 4.76. The van der Waals surface area contributed by atoms with E-state index in [9.17, 15) is 4.79 Å². The van der Waals surface area contributed by atoms with E-state index in [0.717, 1.165) is 5.56 Å². The zero-order valence-corrected chi connectivity index (χ0v) is 17.1. The van der Waals surface area contributed by atoms with E-state index in [1.54, 1.807) is 6.92 Å². The summed E-state index contributed by atoms with van der Waals surface area (Å²) in [6.45, 7) is 1.48. The van der Waals surface area contributed by atoms with Gasteiger partial charge in [0.2, 0.25) is 0 Å². The highest BCUT2D eigenvalue weighted by Crippen LogP contribution is 2.33. The molecule has 2 aromatic carbocycles. The molecule has 0 spiro atoms. The van der Waals surface area contributed by atoms with Gasteiger partial charge in [0.05, 0.1) is 16.3 Å². The Balaban J connectivity index is 1.54. The number of aryl methyl sites for hydroxylation is 1. The summed E-state index contributed by atoms with van der Waals surface area (Å²) in [5, 5.41) is 12.5. The van der Waals surface area contributed by atoms with E-state index in [2.05, 4.69) is 15.4 Å². The van der Waals surface area contributed by atoms with Gasteiger partial charge >= 0.3 is 5.97 Å². The van der Waals surface area contributed by atoms with Crippen LogP contribution in [0.4, 0.5) is 5.69 Å². The van der Waals surface area contributed by atoms with Crippen LogP contribution < -0.4 is 5.73 Å². The van der Waals surface area contributed by atoms with Gasteiger partial charge in [-0.2, -0.15) is 0 Å². The minimum atomic E-state index is -0.720. The molecule has 0 radical (unpaired) electrons. The summed E-state index contributed by atoms with van der Waals surface area (Å²) in [6.07, 6.45) is 0. The minimum Gasteiger partial charge on any atom is -0.452 e. The number of anilines is 1. The second-order valence-electron chi connectivity index (χ2n) is 6.25. The van der Waals surface area contributed by atoms with Crippen molar-refractivity contribution in [2.45, 2.75) is 13.5 Å². The first-order valence-corrected chi connectivity index (χ1v) is 9.45. The molecule has 152 valence electrons. The van der Waals surface area contributed by atoms with Gasteiger partial charge in [-0.1, -0.05) is 58.7 Å². The zero-order chi connectivity index (χ0) is 21.3. The van der Waals surface area contributed by atoms with E-state index in [1.165, 1.54) is 12.1 Å². The third-order valence-electron chi connectivity index (χ3n) is 4.23. The molecule has 0 amide bonds. The Kier molecular flexibility index (Phi) is 5.43. The molecule has 0 unspecified atom stereocenters. The Labute approximate surface area is 180 Å². The molecule has 0 aliphatic carbocycles. The number of nitrogen functional groups attached to an aromatic ring is 1. The van der Waals surface area contributed by atoms with Gasteiger partial charge in [0, 0.05) is 10.6 Å². The number of hydrogen-bond acceptors (Lipinski definition) is 8. The van der Waals surface area contributed by atoms with Crippen LogP contribution in [-0.2, 0) is 11.3 Å². The highest BCUT2D eigenvalue weighted by atomic mass is 35.5. The average molecular weight is 445 g/mol. The number of nitrogens with zero attached hydrogens (tertiary/aromatic N) is 3. The lowest BCUT2D eigenvalue weighted by atomic mass is 10.1. The van der Waals surface area contributed by atoms with Crippen LogP contribution in [0.15, 0.2) is 51.4 Å². The first-order chi connectivity index (χ1) is 14.4. The number of esters is 1. The summed E-state index contributed by atoms with van der Waals surface area (Å²) in [6, 6.07) is 12.3. The minimum absolute atomic E-state index is 0.0495. The quantitative estimate of drug-likeness (QED) is 0.339. The number of benzene rings is 2. The topological polar surface area (TPSA) is 117 Å². The van der Waals surface area contributed by atoms with E-state index < -0.39 is 5.97 Å². The smallest absolute Gasteiger partial charge is 0.340 e. The largest absolute Gasteiger partial charge is 0.452 e. The van der Waals surface area contributed by atoms with Gasteiger partial charge in [0.25, 0.3) is 11.8 Å². The van der Waals surface area contributed by atoms with Crippen LogP contribution in [0, 0.1) is 6.92 Å². The van der Waals surface area contributed by atoms with Crippen molar-refractivity contribution in [2.24, 2.45) is 0 Å². The standard InChI is InChI=1S/C20H14Cl2N4O4/c1-10-16(18(26-30-10)11-5-3-2-4-6-11)19-25-24-15(29-19)9-28-20(27)13-7-12(21)8-14(22)17(13)23/h2-8H,9,23H2,1H3. The van der Waals surface area contributed by atoms with Crippen LogP contribution in [-0.4, -0.2) is 21.3 Å².